The molecule has 1 heterocycles. The summed E-state index contributed by atoms with van der Waals surface area (Å²) in [5.41, 5.74) is 0. The Balaban J connectivity index is 3.04. The largest absolute Gasteiger partial charge is 0.453 e. The number of sulfone groups is 1. The van der Waals surface area contributed by atoms with E-state index < -0.39 is 15.6 Å². The van der Waals surface area contributed by atoms with Crippen molar-refractivity contribution in [2.75, 3.05) is 5.75 Å². The first kappa shape index (κ1) is 7.82. The maximum atomic E-state index is 11.0. The van der Waals surface area contributed by atoms with E-state index in [-0.39, 0.29) is 5.09 Å². The standard InChI is InChI=1S/C6H5NO3S/c7-3-5-11(8,9)6-2-1-4-10-6/h1-2,4H,5H2. The third-order valence-corrected chi connectivity index (χ3v) is 2.41. The van der Waals surface area contributed by atoms with Crippen LogP contribution in [0.3, 0.4) is 0 Å². The van der Waals surface area contributed by atoms with Gasteiger partial charge in [-0.1, -0.05) is 0 Å². The lowest BCUT2D eigenvalue weighted by Crippen LogP contribution is -2.02. The molecule has 1 rings (SSSR count). The van der Waals surface area contributed by atoms with E-state index in [0.717, 1.165) is 0 Å². The van der Waals surface area contributed by atoms with E-state index >= 15 is 0 Å². The second-order valence-corrected chi connectivity index (χ2v) is 3.77. The van der Waals surface area contributed by atoms with Crippen LogP contribution in [0.15, 0.2) is 27.9 Å². The summed E-state index contributed by atoms with van der Waals surface area (Å²) in [6, 6.07) is 4.32. The quantitative estimate of drug-likeness (QED) is 0.652. The van der Waals surface area contributed by atoms with Gasteiger partial charge in [-0.3, -0.25) is 0 Å². The predicted octanol–water partition coefficient (Wildman–Crippen LogP) is 0.577. The third-order valence-electron chi connectivity index (χ3n) is 1.06. The maximum Gasteiger partial charge on any atom is 0.224 e. The third kappa shape index (κ3) is 1.59. The highest BCUT2D eigenvalue weighted by molar-refractivity contribution is 7.91. The van der Waals surface area contributed by atoms with Crippen molar-refractivity contribution < 1.29 is 12.8 Å². The van der Waals surface area contributed by atoms with E-state index in [9.17, 15) is 8.42 Å². The van der Waals surface area contributed by atoms with E-state index in [1.807, 2.05) is 0 Å². The van der Waals surface area contributed by atoms with E-state index in [4.69, 9.17) is 5.26 Å². The molecule has 0 atom stereocenters. The molecule has 0 N–H and O–H groups in total. The van der Waals surface area contributed by atoms with E-state index in [1.54, 1.807) is 6.07 Å². The summed E-state index contributed by atoms with van der Waals surface area (Å²) >= 11 is 0. The fourth-order valence-corrected chi connectivity index (χ4v) is 1.40. The monoisotopic (exact) mass is 171 g/mol. The van der Waals surface area contributed by atoms with Gasteiger partial charge in [0.25, 0.3) is 0 Å². The predicted molar refractivity (Wildman–Crippen MR) is 36.4 cm³/mol. The number of furan rings is 1. The Kier molecular flexibility index (Phi) is 1.96. The molecule has 1 aromatic heterocycles. The molecule has 11 heavy (non-hydrogen) atoms. The molecule has 0 radical (unpaired) electrons. The van der Waals surface area contributed by atoms with E-state index in [1.165, 1.54) is 18.4 Å². The van der Waals surface area contributed by atoms with Gasteiger partial charge in [-0.15, -0.1) is 0 Å². The normalized spacial score (nSPS) is 10.8. The van der Waals surface area contributed by atoms with Crippen LogP contribution < -0.4 is 0 Å². The van der Waals surface area contributed by atoms with Crippen LogP contribution in [-0.2, 0) is 9.84 Å². The average molecular weight is 171 g/mol. The second kappa shape index (κ2) is 2.76. The van der Waals surface area contributed by atoms with Crippen LogP contribution in [0.4, 0.5) is 0 Å². The van der Waals surface area contributed by atoms with Gasteiger partial charge in [0.2, 0.25) is 14.9 Å². The van der Waals surface area contributed by atoms with Crippen LogP contribution in [0.5, 0.6) is 0 Å². The summed E-state index contributed by atoms with van der Waals surface area (Å²) < 4.78 is 26.6. The Morgan fingerprint density at radius 3 is 2.82 bits per heavy atom. The number of nitrogens with zero attached hydrogens (tertiary/aromatic N) is 1. The number of nitriles is 1. The molecule has 0 aliphatic heterocycles. The van der Waals surface area contributed by atoms with E-state index in [2.05, 4.69) is 4.42 Å². The summed E-state index contributed by atoms with van der Waals surface area (Å²) in [5.74, 6) is -0.541. The van der Waals surface area contributed by atoms with Crippen molar-refractivity contribution in [3.05, 3.63) is 18.4 Å². The molecule has 4 nitrogen and oxygen atoms in total. The van der Waals surface area contributed by atoms with Gasteiger partial charge < -0.3 is 4.42 Å². The minimum absolute atomic E-state index is 0.154. The van der Waals surface area contributed by atoms with Gasteiger partial charge in [0.15, 0.2) is 0 Å². The van der Waals surface area contributed by atoms with Crippen molar-refractivity contribution in [1.29, 1.82) is 5.26 Å². The molecule has 0 aliphatic carbocycles. The van der Waals surface area contributed by atoms with Crippen LogP contribution in [0, 0.1) is 11.3 Å². The zero-order chi connectivity index (χ0) is 8.32. The number of rotatable bonds is 2. The van der Waals surface area contributed by atoms with Gasteiger partial charge >= 0.3 is 0 Å². The molecule has 0 amide bonds. The van der Waals surface area contributed by atoms with Gasteiger partial charge in [0.05, 0.1) is 12.3 Å². The summed E-state index contributed by atoms with van der Waals surface area (Å²) in [6.07, 6.45) is 1.25. The topological polar surface area (TPSA) is 71.1 Å². The summed E-state index contributed by atoms with van der Waals surface area (Å²) in [5, 5.41) is 7.98. The molecule has 0 spiro atoms. The smallest absolute Gasteiger partial charge is 0.224 e. The van der Waals surface area contributed by atoms with Crippen molar-refractivity contribution in [3.63, 3.8) is 0 Å². The zero-order valence-electron chi connectivity index (χ0n) is 5.52. The second-order valence-electron chi connectivity index (χ2n) is 1.85. The van der Waals surface area contributed by atoms with Crippen LogP contribution in [0.2, 0.25) is 0 Å². The van der Waals surface area contributed by atoms with Gasteiger partial charge in [-0.05, 0) is 12.1 Å². The van der Waals surface area contributed by atoms with Gasteiger partial charge in [-0.25, -0.2) is 8.42 Å². The van der Waals surface area contributed by atoms with Crippen LogP contribution in [0.1, 0.15) is 0 Å². The molecule has 0 fully saturated rings. The lowest BCUT2D eigenvalue weighted by atomic mass is 10.7. The van der Waals surface area contributed by atoms with Crippen molar-refractivity contribution >= 4 is 9.84 Å². The lowest BCUT2D eigenvalue weighted by molar-refractivity contribution is 0.451. The van der Waals surface area contributed by atoms with Crippen LogP contribution >= 0.6 is 0 Å². The lowest BCUT2D eigenvalue weighted by Gasteiger charge is -1.90. The molecular formula is C6H5NO3S. The first-order chi connectivity index (χ1) is 5.17. The van der Waals surface area contributed by atoms with Crippen LogP contribution in [-0.4, -0.2) is 14.2 Å². The first-order valence-electron chi connectivity index (χ1n) is 2.80. The molecule has 5 heteroatoms. The Labute approximate surface area is 64.0 Å². The fraction of sp³-hybridized carbons (Fsp3) is 0.167. The molecular weight excluding hydrogens is 166 g/mol. The summed E-state index contributed by atoms with van der Waals surface area (Å²) in [6.45, 7) is 0. The Morgan fingerprint density at radius 1 is 1.64 bits per heavy atom. The molecule has 0 unspecified atom stereocenters. The first-order valence-corrected chi connectivity index (χ1v) is 4.45. The number of hydrogen-bond donors (Lipinski definition) is 0. The molecule has 0 bridgehead atoms. The van der Waals surface area contributed by atoms with Crippen molar-refractivity contribution in [2.45, 2.75) is 5.09 Å². The Morgan fingerprint density at radius 2 is 2.36 bits per heavy atom. The minimum atomic E-state index is -3.49. The number of hydrogen-bond acceptors (Lipinski definition) is 4. The van der Waals surface area contributed by atoms with E-state index in [0.29, 0.717) is 0 Å². The molecule has 0 aliphatic rings. The van der Waals surface area contributed by atoms with Gasteiger partial charge in [-0.2, -0.15) is 5.26 Å². The molecule has 1 aromatic rings. The average Bonchev–Trinajstić information content (AvgIpc) is 2.37. The Hall–Kier alpha value is -1.28. The van der Waals surface area contributed by atoms with Crippen LogP contribution in [0.25, 0.3) is 0 Å². The molecule has 58 valence electrons. The molecule has 0 saturated carbocycles. The SMILES string of the molecule is N#CCS(=O)(=O)c1ccco1. The van der Waals surface area contributed by atoms with Gasteiger partial charge in [0, 0.05) is 0 Å². The van der Waals surface area contributed by atoms with Crippen molar-refractivity contribution in [1.82, 2.24) is 0 Å². The molecule has 0 aromatic carbocycles. The highest BCUT2D eigenvalue weighted by Gasteiger charge is 2.15. The Bertz CT molecular complexity index is 357. The van der Waals surface area contributed by atoms with Crippen molar-refractivity contribution in [2.24, 2.45) is 0 Å². The molecule has 0 saturated heterocycles. The maximum absolute atomic E-state index is 11.0. The highest BCUT2D eigenvalue weighted by Crippen LogP contribution is 2.09. The zero-order valence-corrected chi connectivity index (χ0v) is 6.34. The fourth-order valence-electron chi connectivity index (χ4n) is 0.597. The highest BCUT2D eigenvalue weighted by atomic mass is 32.2. The van der Waals surface area contributed by atoms with Gasteiger partial charge in [0.1, 0.15) is 5.75 Å². The minimum Gasteiger partial charge on any atom is -0.453 e. The summed E-state index contributed by atoms with van der Waals surface area (Å²) in [7, 11) is -3.49. The van der Waals surface area contributed by atoms with Crippen molar-refractivity contribution in [3.8, 4) is 6.07 Å². The summed E-state index contributed by atoms with van der Waals surface area (Å²) in [4.78, 5) is 0.